The Morgan fingerprint density at radius 3 is 0.690 bits per heavy atom. The highest BCUT2D eigenvalue weighted by Gasteiger charge is 2.58. The third-order valence-electron chi connectivity index (χ3n) is 3.03. The van der Waals surface area contributed by atoms with Crippen LogP contribution < -0.4 is 6.15 Å². The molecule has 0 bridgehead atoms. The van der Waals surface area contributed by atoms with Crippen LogP contribution in [0.25, 0.3) is 0 Å². The van der Waals surface area contributed by atoms with Crippen molar-refractivity contribution in [2.24, 2.45) is 0 Å². The van der Waals surface area contributed by atoms with Crippen molar-refractivity contribution in [2.75, 3.05) is 0 Å². The van der Waals surface area contributed by atoms with E-state index in [0.29, 0.717) is 0 Å². The van der Waals surface area contributed by atoms with E-state index in [4.69, 9.17) is 39.1 Å². The van der Waals surface area contributed by atoms with Crippen molar-refractivity contribution >= 4 is 31.3 Å². The van der Waals surface area contributed by atoms with Crippen molar-refractivity contribution in [3.8, 4) is 0 Å². The van der Waals surface area contributed by atoms with Crippen LogP contribution in [0.5, 0.6) is 0 Å². The molecule has 19 nitrogen and oxygen atoms in total. The van der Waals surface area contributed by atoms with E-state index in [-0.39, 0.29) is 6.15 Å². The zero-order chi connectivity index (χ0) is 22.3. The maximum atomic E-state index is 11.0. The number of phosphoric ester groups is 4. The monoisotopic (exact) mass is 517 g/mol. The molecule has 4 unspecified atom stereocenters. The topological polar surface area (TPSA) is 342 Å². The van der Waals surface area contributed by atoms with Crippen molar-refractivity contribution in [2.45, 2.75) is 36.6 Å². The Morgan fingerprint density at radius 2 is 0.586 bits per heavy atom. The van der Waals surface area contributed by atoms with Crippen molar-refractivity contribution in [3.05, 3.63) is 0 Å². The summed E-state index contributed by atoms with van der Waals surface area (Å²) in [5.74, 6) is 0. The molecule has 176 valence electrons. The summed E-state index contributed by atoms with van der Waals surface area (Å²) in [5.41, 5.74) is 0. The highest BCUT2D eigenvalue weighted by atomic mass is 31.2. The largest absolute Gasteiger partial charge is 0.470 e. The number of hydrogen-bond donors (Lipinski definition) is 11. The molecule has 0 aliphatic heterocycles. The summed E-state index contributed by atoms with van der Waals surface area (Å²) >= 11 is 0. The van der Waals surface area contributed by atoms with Gasteiger partial charge in [0, 0.05) is 0 Å². The first-order valence-corrected chi connectivity index (χ1v) is 12.6. The molecule has 0 amide bonds. The molecule has 0 saturated heterocycles. The maximum absolute atomic E-state index is 11.0. The molecule has 29 heavy (non-hydrogen) atoms. The number of aliphatic hydroxyl groups excluding tert-OH is 2. The molecule has 4 atom stereocenters. The van der Waals surface area contributed by atoms with Crippen molar-refractivity contribution < 1.29 is 85.7 Å². The van der Waals surface area contributed by atoms with Gasteiger partial charge in [0.15, 0.2) is 0 Å². The Labute approximate surface area is 160 Å². The molecule has 0 aromatic rings. The van der Waals surface area contributed by atoms with Gasteiger partial charge in [0.05, 0.1) is 0 Å². The number of phosphoric acid groups is 4. The van der Waals surface area contributed by atoms with E-state index in [0.717, 1.165) is 0 Å². The lowest BCUT2D eigenvalue weighted by Crippen LogP contribution is -2.65. The van der Waals surface area contributed by atoms with E-state index in [2.05, 4.69) is 18.1 Å². The van der Waals surface area contributed by atoms with Gasteiger partial charge in [-0.1, -0.05) is 0 Å². The molecule has 13 N–H and O–H groups in total. The minimum atomic E-state index is -5.59. The van der Waals surface area contributed by atoms with E-state index in [9.17, 15) is 28.5 Å². The molecule has 1 aliphatic carbocycles. The van der Waals surface area contributed by atoms with Crippen LogP contribution in [-0.4, -0.2) is 86.0 Å². The standard InChI is InChI=1S/C6H16O18P4.H3N/c7-1-3(21-25(9,10)11)5(23-27(15,16)17)2(8)6(24-28(18,19)20)4(1)22-26(12,13)14;/h1-8H,(H2,9,10,11)(H2,12,13,14)(H2,15,16,17)(H2,18,19,20);1H3. The molecule has 0 heterocycles. The summed E-state index contributed by atoms with van der Waals surface area (Å²) in [6.45, 7) is 0. The second kappa shape index (κ2) is 9.85. The normalized spacial score (nSPS) is 31.9. The fourth-order valence-corrected chi connectivity index (χ4v) is 4.52. The first-order chi connectivity index (χ1) is 12.2. The van der Waals surface area contributed by atoms with E-state index in [1.807, 2.05) is 0 Å². The SMILES string of the molecule is N.O=P(O)(O)OC1C(O)C(OP(=O)(O)O)C(OP(=O)(O)O)C(O)C1OP(=O)(O)O. The van der Waals surface area contributed by atoms with Gasteiger partial charge < -0.3 is 55.5 Å². The molecule has 1 rings (SSSR count). The van der Waals surface area contributed by atoms with Crippen LogP contribution in [0, 0.1) is 0 Å². The zero-order valence-electron chi connectivity index (χ0n) is 13.7. The molecular weight excluding hydrogens is 498 g/mol. The molecule has 23 heteroatoms. The first kappa shape index (κ1) is 29.3. The average molecular weight is 517 g/mol. The lowest BCUT2D eigenvalue weighted by atomic mass is 9.85. The van der Waals surface area contributed by atoms with Crippen LogP contribution in [0.15, 0.2) is 0 Å². The maximum Gasteiger partial charge on any atom is 0.470 e. The van der Waals surface area contributed by atoms with Gasteiger partial charge in [-0.2, -0.15) is 0 Å². The highest BCUT2D eigenvalue weighted by molar-refractivity contribution is 7.47. The molecule has 1 aliphatic rings. The van der Waals surface area contributed by atoms with Crippen LogP contribution in [-0.2, 0) is 36.4 Å². The molecular formula is C6H19NO18P4. The zero-order valence-corrected chi connectivity index (χ0v) is 17.3. The van der Waals surface area contributed by atoms with Gasteiger partial charge in [-0.25, -0.2) is 18.3 Å². The Bertz CT molecular complexity index is 611. The lowest BCUT2D eigenvalue weighted by molar-refractivity contribution is -0.208. The van der Waals surface area contributed by atoms with Crippen molar-refractivity contribution in [3.63, 3.8) is 0 Å². The van der Waals surface area contributed by atoms with Gasteiger partial charge in [-0.3, -0.25) is 18.1 Å². The van der Waals surface area contributed by atoms with E-state index in [1.165, 1.54) is 0 Å². The predicted octanol–water partition coefficient (Wildman–Crippen LogP) is -3.20. The van der Waals surface area contributed by atoms with Gasteiger partial charge in [-0.15, -0.1) is 0 Å². The summed E-state index contributed by atoms with van der Waals surface area (Å²) < 4.78 is 60.4. The Kier molecular flexibility index (Phi) is 9.96. The molecule has 0 aromatic heterocycles. The quantitative estimate of drug-likeness (QED) is 0.141. The van der Waals surface area contributed by atoms with Crippen LogP contribution in [0.1, 0.15) is 0 Å². The fourth-order valence-electron chi connectivity index (χ4n) is 2.27. The third-order valence-corrected chi connectivity index (χ3v) is 5.10. The van der Waals surface area contributed by atoms with E-state index >= 15 is 0 Å². The number of rotatable bonds is 8. The highest BCUT2D eigenvalue weighted by Crippen LogP contribution is 2.51. The Morgan fingerprint density at radius 1 is 0.448 bits per heavy atom. The minimum absolute atomic E-state index is 0. The van der Waals surface area contributed by atoms with Gasteiger partial charge in [0.25, 0.3) is 0 Å². The van der Waals surface area contributed by atoms with Gasteiger partial charge >= 0.3 is 31.3 Å². The Hall–Kier alpha value is 0.320. The van der Waals surface area contributed by atoms with E-state index in [1.54, 1.807) is 0 Å². The summed E-state index contributed by atoms with van der Waals surface area (Å²) in [7, 11) is -22.3. The van der Waals surface area contributed by atoms with Gasteiger partial charge in [-0.05, 0) is 0 Å². The summed E-state index contributed by atoms with van der Waals surface area (Å²) in [5, 5.41) is 20.2. The Balaban J connectivity index is 0.00000784. The van der Waals surface area contributed by atoms with Crippen molar-refractivity contribution in [1.82, 2.24) is 6.15 Å². The second-order valence-corrected chi connectivity index (χ2v) is 9.99. The second-order valence-electron chi connectivity index (χ2n) is 5.22. The molecule has 1 fully saturated rings. The summed E-state index contributed by atoms with van der Waals surface area (Å²) in [6.07, 6.45) is -15.9. The average Bonchev–Trinajstić information content (AvgIpc) is 2.39. The van der Waals surface area contributed by atoms with Crippen LogP contribution in [0.4, 0.5) is 0 Å². The minimum Gasteiger partial charge on any atom is -0.387 e. The molecule has 0 spiro atoms. The number of hydrogen-bond acceptors (Lipinski definition) is 11. The van der Waals surface area contributed by atoms with Crippen LogP contribution >= 0.6 is 31.3 Å². The van der Waals surface area contributed by atoms with Crippen molar-refractivity contribution in [1.29, 1.82) is 0 Å². The number of aliphatic hydroxyl groups is 2. The lowest BCUT2D eigenvalue weighted by Gasteiger charge is -2.45. The van der Waals surface area contributed by atoms with Crippen LogP contribution in [0.2, 0.25) is 0 Å². The molecule has 1 saturated carbocycles. The molecule has 0 aromatic carbocycles. The van der Waals surface area contributed by atoms with E-state index < -0.39 is 67.9 Å². The smallest absolute Gasteiger partial charge is 0.387 e. The van der Waals surface area contributed by atoms with Gasteiger partial charge in [0.2, 0.25) is 0 Å². The third kappa shape index (κ3) is 9.99. The summed E-state index contributed by atoms with van der Waals surface area (Å²) in [6, 6.07) is 0. The van der Waals surface area contributed by atoms with Gasteiger partial charge in [0.1, 0.15) is 36.6 Å². The predicted molar refractivity (Wildman–Crippen MR) is 84.7 cm³/mol. The summed E-state index contributed by atoms with van der Waals surface area (Å²) in [4.78, 5) is 70.9. The van der Waals surface area contributed by atoms with Crippen LogP contribution in [0.3, 0.4) is 0 Å². The first-order valence-electron chi connectivity index (χ1n) is 6.52. The fraction of sp³-hybridized carbons (Fsp3) is 1.00. The molecule has 0 radical (unpaired) electrons.